The molecule has 1 saturated carbocycles. The van der Waals surface area contributed by atoms with Crippen molar-refractivity contribution in [2.75, 3.05) is 5.88 Å². The van der Waals surface area contributed by atoms with Crippen LogP contribution < -0.4 is 0 Å². The van der Waals surface area contributed by atoms with Crippen LogP contribution in [0.5, 0.6) is 0 Å². The van der Waals surface area contributed by atoms with Crippen molar-refractivity contribution in [3.63, 3.8) is 0 Å². The van der Waals surface area contributed by atoms with Crippen molar-refractivity contribution in [1.82, 2.24) is 4.98 Å². The Bertz CT molecular complexity index is 612. The number of fused-ring (bicyclic) bond motifs is 1. The first-order chi connectivity index (χ1) is 9.86. The predicted octanol–water partition coefficient (Wildman–Crippen LogP) is 5.44. The summed E-state index contributed by atoms with van der Waals surface area (Å²) in [5, 5.41) is 1.19. The van der Waals surface area contributed by atoms with Gasteiger partial charge in [0.15, 0.2) is 0 Å². The second-order valence-electron chi connectivity index (χ2n) is 5.62. The van der Waals surface area contributed by atoms with Crippen LogP contribution in [0.3, 0.4) is 0 Å². The van der Waals surface area contributed by atoms with E-state index in [1.54, 1.807) is 0 Å². The molecule has 0 saturated heterocycles. The predicted molar refractivity (Wildman–Crippen MR) is 87.0 cm³/mol. The Hall–Kier alpha value is -1.34. The number of nitrogens with zero attached hydrogens (tertiary/aromatic N) is 1. The van der Waals surface area contributed by atoms with Crippen LogP contribution in [0.1, 0.15) is 37.8 Å². The summed E-state index contributed by atoms with van der Waals surface area (Å²) in [6.07, 6.45) is 8.82. The molecule has 0 unspecified atom stereocenters. The fourth-order valence-electron chi connectivity index (χ4n) is 3.09. The molecular weight excluding hydrogens is 266 g/mol. The highest BCUT2D eigenvalue weighted by molar-refractivity contribution is 6.19. The van der Waals surface area contributed by atoms with E-state index in [1.165, 1.54) is 43.1 Å². The monoisotopic (exact) mass is 285 g/mol. The smallest absolute Gasteiger partial charge is 0.0709 e. The van der Waals surface area contributed by atoms with E-state index in [-0.39, 0.29) is 0 Å². The number of aromatic nitrogens is 1. The normalized spacial score (nSPS) is 17.6. The zero-order chi connectivity index (χ0) is 13.8. The van der Waals surface area contributed by atoms with Crippen molar-refractivity contribution in [2.24, 2.45) is 5.92 Å². The van der Waals surface area contributed by atoms with Gasteiger partial charge in [-0.15, -0.1) is 11.6 Å². The minimum atomic E-state index is 0.624. The molecule has 1 nitrogen and oxygen atoms in total. The summed E-state index contributed by atoms with van der Waals surface area (Å²) in [4.78, 5) is 4.72. The molecule has 1 aromatic heterocycles. The van der Waals surface area contributed by atoms with Crippen LogP contribution in [0.4, 0.5) is 0 Å². The Balaban J connectivity index is 1.90. The molecular formula is C18H20ClN. The van der Waals surface area contributed by atoms with Crippen LogP contribution in [-0.2, 0) is 0 Å². The number of allylic oxidation sites excluding steroid dienone is 1. The Morgan fingerprint density at radius 3 is 2.70 bits per heavy atom. The van der Waals surface area contributed by atoms with Gasteiger partial charge >= 0.3 is 0 Å². The van der Waals surface area contributed by atoms with Crippen LogP contribution >= 0.6 is 11.6 Å². The standard InChI is InChI=1S/C18H20ClN/c19-13-16(14-6-2-1-3-7-14)12-17-11-10-15-8-4-5-9-18(15)20-17/h4-5,8-12,14H,1-3,6-7,13H2/b16-12-. The fraction of sp³-hybridized carbons (Fsp3) is 0.389. The van der Waals surface area contributed by atoms with Gasteiger partial charge < -0.3 is 0 Å². The molecule has 0 N–H and O–H groups in total. The number of hydrogen-bond donors (Lipinski definition) is 0. The molecule has 0 amide bonds. The van der Waals surface area contributed by atoms with Crippen molar-refractivity contribution < 1.29 is 0 Å². The summed E-state index contributed by atoms with van der Waals surface area (Å²) >= 11 is 6.17. The zero-order valence-corrected chi connectivity index (χ0v) is 12.4. The van der Waals surface area contributed by atoms with Crippen LogP contribution in [-0.4, -0.2) is 10.9 Å². The zero-order valence-electron chi connectivity index (χ0n) is 11.7. The molecule has 0 atom stereocenters. The van der Waals surface area contributed by atoms with Crippen molar-refractivity contribution in [3.8, 4) is 0 Å². The topological polar surface area (TPSA) is 12.9 Å². The SMILES string of the molecule is ClC/C(=C/c1ccc2ccccc2n1)C1CCCCC1. The van der Waals surface area contributed by atoms with E-state index in [4.69, 9.17) is 16.6 Å². The lowest BCUT2D eigenvalue weighted by molar-refractivity contribution is 0.405. The average Bonchev–Trinajstić information content (AvgIpc) is 2.53. The van der Waals surface area contributed by atoms with Crippen LogP contribution in [0.25, 0.3) is 17.0 Å². The molecule has 1 aliphatic carbocycles. The van der Waals surface area contributed by atoms with Gasteiger partial charge in [0.05, 0.1) is 11.2 Å². The number of rotatable bonds is 3. The Labute approximate surface area is 125 Å². The van der Waals surface area contributed by atoms with Crippen LogP contribution in [0.2, 0.25) is 0 Å². The first kappa shape index (κ1) is 13.6. The minimum absolute atomic E-state index is 0.624. The third kappa shape index (κ3) is 3.04. The number of alkyl halides is 1. The summed E-state index contributed by atoms with van der Waals surface area (Å²) in [6.45, 7) is 0. The third-order valence-electron chi connectivity index (χ3n) is 4.24. The molecule has 0 bridgehead atoms. The lowest BCUT2D eigenvalue weighted by atomic mass is 9.84. The van der Waals surface area contributed by atoms with Gasteiger partial charge in [-0.1, -0.05) is 49.1 Å². The average molecular weight is 286 g/mol. The Morgan fingerprint density at radius 2 is 1.90 bits per heavy atom. The molecule has 1 heterocycles. The maximum Gasteiger partial charge on any atom is 0.0709 e. The van der Waals surface area contributed by atoms with Crippen LogP contribution in [0, 0.1) is 5.92 Å². The summed E-state index contributed by atoms with van der Waals surface area (Å²) in [5.41, 5.74) is 3.44. The molecule has 2 heteroatoms. The number of pyridine rings is 1. The minimum Gasteiger partial charge on any atom is -0.248 e. The largest absolute Gasteiger partial charge is 0.248 e. The summed E-state index contributed by atoms with van der Waals surface area (Å²) in [7, 11) is 0. The first-order valence-corrected chi connectivity index (χ1v) is 8.02. The van der Waals surface area contributed by atoms with Gasteiger partial charge in [-0.3, -0.25) is 0 Å². The summed E-state index contributed by atoms with van der Waals surface area (Å²) in [5.74, 6) is 1.29. The van der Waals surface area contributed by atoms with E-state index < -0.39 is 0 Å². The maximum atomic E-state index is 6.17. The molecule has 1 aromatic carbocycles. The van der Waals surface area contributed by atoms with Crippen molar-refractivity contribution >= 4 is 28.6 Å². The number of hydrogen-bond acceptors (Lipinski definition) is 1. The van der Waals surface area contributed by atoms with E-state index in [0.29, 0.717) is 11.8 Å². The molecule has 1 fully saturated rings. The second-order valence-corrected chi connectivity index (χ2v) is 5.88. The quantitative estimate of drug-likeness (QED) is 0.685. The van der Waals surface area contributed by atoms with Crippen molar-refractivity contribution in [3.05, 3.63) is 47.7 Å². The first-order valence-electron chi connectivity index (χ1n) is 7.49. The molecule has 2 aromatic rings. The Morgan fingerprint density at radius 1 is 1.10 bits per heavy atom. The van der Waals surface area contributed by atoms with E-state index >= 15 is 0 Å². The summed E-state index contributed by atoms with van der Waals surface area (Å²) < 4.78 is 0. The van der Waals surface area contributed by atoms with Crippen molar-refractivity contribution in [2.45, 2.75) is 32.1 Å². The van der Waals surface area contributed by atoms with Gasteiger partial charge in [0, 0.05) is 11.3 Å². The highest BCUT2D eigenvalue weighted by Crippen LogP contribution is 2.31. The molecule has 104 valence electrons. The van der Waals surface area contributed by atoms with Gasteiger partial charge in [0.25, 0.3) is 0 Å². The highest BCUT2D eigenvalue weighted by Gasteiger charge is 2.17. The lowest BCUT2D eigenvalue weighted by Gasteiger charge is -2.23. The third-order valence-corrected chi connectivity index (χ3v) is 4.55. The Kier molecular flexibility index (Phi) is 4.37. The molecule has 0 spiro atoms. The van der Waals surface area contributed by atoms with E-state index in [2.05, 4.69) is 30.3 Å². The highest BCUT2D eigenvalue weighted by atomic mass is 35.5. The van der Waals surface area contributed by atoms with Gasteiger partial charge in [-0.2, -0.15) is 0 Å². The number of halogens is 1. The van der Waals surface area contributed by atoms with Crippen molar-refractivity contribution in [1.29, 1.82) is 0 Å². The maximum absolute atomic E-state index is 6.17. The molecule has 1 aliphatic rings. The van der Waals surface area contributed by atoms with Gasteiger partial charge in [0.1, 0.15) is 0 Å². The van der Waals surface area contributed by atoms with Gasteiger partial charge in [-0.05, 0) is 37.0 Å². The lowest BCUT2D eigenvalue weighted by Crippen LogP contribution is -2.10. The number of benzene rings is 1. The van der Waals surface area contributed by atoms with E-state index in [9.17, 15) is 0 Å². The molecule has 3 rings (SSSR count). The number of para-hydroxylation sites is 1. The molecule has 20 heavy (non-hydrogen) atoms. The van der Waals surface area contributed by atoms with E-state index in [0.717, 1.165) is 11.2 Å². The molecule has 0 aliphatic heterocycles. The van der Waals surface area contributed by atoms with Gasteiger partial charge in [0.2, 0.25) is 0 Å². The molecule has 0 radical (unpaired) electrons. The fourth-order valence-corrected chi connectivity index (χ4v) is 3.39. The summed E-state index contributed by atoms with van der Waals surface area (Å²) in [6, 6.07) is 12.5. The van der Waals surface area contributed by atoms with Gasteiger partial charge in [-0.25, -0.2) is 4.98 Å². The van der Waals surface area contributed by atoms with E-state index in [1.807, 2.05) is 12.1 Å². The second kappa shape index (κ2) is 6.41. The van der Waals surface area contributed by atoms with Crippen LogP contribution in [0.15, 0.2) is 42.0 Å².